The van der Waals surface area contributed by atoms with Gasteiger partial charge >= 0.3 is 7.12 Å². The van der Waals surface area contributed by atoms with Crippen LogP contribution >= 0.6 is 0 Å². The molecule has 0 bridgehead atoms. The van der Waals surface area contributed by atoms with Crippen LogP contribution in [0.3, 0.4) is 0 Å². The number of para-hydroxylation sites is 1. The average molecular weight is 271 g/mol. The Hall–Kier alpha value is -1.59. The summed E-state index contributed by atoms with van der Waals surface area (Å²) in [6.07, 6.45) is 0. The molecule has 4 nitrogen and oxygen atoms in total. The molecule has 5 heteroatoms. The van der Waals surface area contributed by atoms with Crippen molar-refractivity contribution in [2.75, 3.05) is 0 Å². The summed E-state index contributed by atoms with van der Waals surface area (Å²) >= 11 is 0. The Kier molecular flexibility index (Phi) is 2.82. The fourth-order valence-electron chi connectivity index (χ4n) is 2.31. The summed E-state index contributed by atoms with van der Waals surface area (Å²) in [7, 11) is -0.631. The standard InChI is InChI=1S/C15H18BNO3/c1-14(2)15(3,4)20-16(19-14)11-9-10-7-5-6-8-12(10)17-13(11)18/h5-9H,1-4H3,(H,17,18). The van der Waals surface area contributed by atoms with Gasteiger partial charge in [-0.2, -0.15) is 0 Å². The first-order valence-electron chi connectivity index (χ1n) is 6.78. The summed E-state index contributed by atoms with van der Waals surface area (Å²) in [5.41, 5.74) is 0.271. The molecule has 3 rings (SSSR count). The van der Waals surface area contributed by atoms with E-state index in [1.165, 1.54) is 0 Å². The lowest BCUT2D eigenvalue weighted by molar-refractivity contribution is 0.00578. The molecule has 104 valence electrons. The fraction of sp³-hybridized carbons (Fsp3) is 0.400. The zero-order chi connectivity index (χ0) is 14.5. The predicted octanol–water partition coefficient (Wildman–Crippen LogP) is 1.83. The van der Waals surface area contributed by atoms with Crippen LogP contribution < -0.4 is 11.0 Å². The number of aromatic nitrogens is 1. The maximum atomic E-state index is 12.2. The van der Waals surface area contributed by atoms with Gasteiger partial charge in [-0.25, -0.2) is 0 Å². The van der Waals surface area contributed by atoms with Crippen LogP contribution in [0.25, 0.3) is 10.9 Å². The number of H-pyrrole nitrogens is 1. The second kappa shape index (κ2) is 4.20. The van der Waals surface area contributed by atoms with Crippen LogP contribution in [-0.2, 0) is 9.31 Å². The Morgan fingerprint density at radius 3 is 2.30 bits per heavy atom. The van der Waals surface area contributed by atoms with Crippen LogP contribution in [-0.4, -0.2) is 23.3 Å². The minimum absolute atomic E-state index is 0.165. The zero-order valence-electron chi connectivity index (χ0n) is 12.2. The quantitative estimate of drug-likeness (QED) is 0.805. The highest BCUT2D eigenvalue weighted by Gasteiger charge is 2.52. The Morgan fingerprint density at radius 1 is 1.05 bits per heavy atom. The van der Waals surface area contributed by atoms with Crippen LogP contribution in [0.4, 0.5) is 0 Å². The topological polar surface area (TPSA) is 51.3 Å². The molecule has 20 heavy (non-hydrogen) atoms. The monoisotopic (exact) mass is 271 g/mol. The third-order valence-corrected chi connectivity index (χ3v) is 4.29. The van der Waals surface area contributed by atoms with E-state index in [2.05, 4.69) is 4.98 Å². The minimum atomic E-state index is -0.631. The second-order valence-corrected chi connectivity index (χ2v) is 6.23. The summed E-state index contributed by atoms with van der Waals surface area (Å²) in [6, 6.07) is 9.52. The number of hydrogen-bond acceptors (Lipinski definition) is 3. The average Bonchev–Trinajstić information content (AvgIpc) is 2.57. The van der Waals surface area contributed by atoms with Crippen LogP contribution in [0.2, 0.25) is 0 Å². The summed E-state index contributed by atoms with van der Waals surface area (Å²) in [5.74, 6) is 0. The lowest BCUT2D eigenvalue weighted by Gasteiger charge is -2.32. The first-order chi connectivity index (χ1) is 9.30. The van der Waals surface area contributed by atoms with E-state index in [1.54, 1.807) is 0 Å². The van der Waals surface area contributed by atoms with Crippen molar-refractivity contribution in [2.45, 2.75) is 38.9 Å². The highest BCUT2D eigenvalue weighted by atomic mass is 16.7. The largest absolute Gasteiger partial charge is 0.500 e. The normalized spacial score (nSPS) is 20.5. The van der Waals surface area contributed by atoms with Gasteiger partial charge in [0.25, 0.3) is 0 Å². The van der Waals surface area contributed by atoms with Crippen molar-refractivity contribution >= 4 is 23.5 Å². The summed E-state index contributed by atoms with van der Waals surface area (Å²) in [6.45, 7) is 7.90. The Morgan fingerprint density at radius 2 is 1.65 bits per heavy atom. The highest BCUT2D eigenvalue weighted by molar-refractivity contribution is 6.62. The van der Waals surface area contributed by atoms with Crippen molar-refractivity contribution < 1.29 is 9.31 Å². The summed E-state index contributed by atoms with van der Waals surface area (Å²) in [4.78, 5) is 15.1. The number of nitrogens with one attached hydrogen (secondary N) is 1. The number of rotatable bonds is 1. The molecule has 0 unspecified atom stereocenters. The zero-order valence-corrected chi connectivity index (χ0v) is 12.2. The molecule has 0 radical (unpaired) electrons. The molecule has 0 amide bonds. The lowest BCUT2D eigenvalue weighted by Crippen LogP contribution is -2.44. The van der Waals surface area contributed by atoms with Crippen molar-refractivity contribution in [1.82, 2.24) is 4.98 Å². The van der Waals surface area contributed by atoms with Gasteiger partial charge in [-0.3, -0.25) is 4.79 Å². The third-order valence-electron chi connectivity index (χ3n) is 4.29. The molecular formula is C15H18BNO3. The lowest BCUT2D eigenvalue weighted by atomic mass is 9.79. The molecule has 1 aromatic heterocycles. The van der Waals surface area contributed by atoms with Crippen LogP contribution in [0, 0.1) is 0 Å². The third kappa shape index (κ3) is 1.98. The number of benzene rings is 1. The number of pyridine rings is 1. The van der Waals surface area contributed by atoms with E-state index in [-0.39, 0.29) is 5.56 Å². The van der Waals surface area contributed by atoms with Gasteiger partial charge in [0.1, 0.15) is 0 Å². The SMILES string of the molecule is CC1(C)OB(c2cc3ccccc3[nH]c2=O)OC1(C)C. The molecule has 0 atom stereocenters. The molecule has 1 aliphatic heterocycles. The van der Waals surface area contributed by atoms with Gasteiger partial charge < -0.3 is 14.3 Å². The van der Waals surface area contributed by atoms with Crippen molar-refractivity contribution in [3.05, 3.63) is 40.7 Å². The minimum Gasteiger partial charge on any atom is -0.399 e. The van der Waals surface area contributed by atoms with Crippen molar-refractivity contribution in [2.24, 2.45) is 0 Å². The van der Waals surface area contributed by atoms with Crippen LogP contribution in [0.15, 0.2) is 35.1 Å². The van der Waals surface area contributed by atoms with Crippen LogP contribution in [0.5, 0.6) is 0 Å². The van der Waals surface area contributed by atoms with Gasteiger partial charge in [0.2, 0.25) is 5.56 Å². The van der Waals surface area contributed by atoms with Gasteiger partial charge in [0.05, 0.1) is 11.2 Å². The second-order valence-electron chi connectivity index (χ2n) is 6.23. The molecule has 0 saturated carbocycles. The molecule has 0 aliphatic carbocycles. The van der Waals surface area contributed by atoms with Gasteiger partial charge in [-0.15, -0.1) is 0 Å². The number of fused-ring (bicyclic) bond motifs is 1. The molecule has 1 N–H and O–H groups in total. The molecule has 0 spiro atoms. The van der Waals surface area contributed by atoms with E-state index in [4.69, 9.17) is 9.31 Å². The Bertz CT molecular complexity index is 704. The van der Waals surface area contributed by atoms with E-state index in [0.29, 0.717) is 5.46 Å². The van der Waals surface area contributed by atoms with Gasteiger partial charge in [-0.1, -0.05) is 18.2 Å². The molecular weight excluding hydrogens is 253 g/mol. The Balaban J connectivity index is 2.08. The first-order valence-corrected chi connectivity index (χ1v) is 6.78. The van der Waals surface area contributed by atoms with Crippen molar-refractivity contribution in [1.29, 1.82) is 0 Å². The number of hydrogen-bond donors (Lipinski definition) is 1. The predicted molar refractivity (Wildman–Crippen MR) is 80.3 cm³/mol. The maximum absolute atomic E-state index is 12.2. The fourth-order valence-corrected chi connectivity index (χ4v) is 2.31. The molecule has 2 aromatic rings. The number of aromatic amines is 1. The van der Waals surface area contributed by atoms with E-state index < -0.39 is 18.3 Å². The summed E-state index contributed by atoms with van der Waals surface area (Å²) in [5, 5.41) is 0.969. The van der Waals surface area contributed by atoms with Gasteiger partial charge in [0, 0.05) is 11.0 Å². The smallest absolute Gasteiger partial charge is 0.399 e. The van der Waals surface area contributed by atoms with Crippen molar-refractivity contribution in [3.8, 4) is 0 Å². The van der Waals surface area contributed by atoms with E-state index >= 15 is 0 Å². The Labute approximate surface area is 118 Å². The van der Waals surface area contributed by atoms with E-state index in [1.807, 2.05) is 58.0 Å². The first kappa shape index (κ1) is 13.4. The molecule has 1 fully saturated rings. The molecule has 1 aromatic carbocycles. The van der Waals surface area contributed by atoms with Gasteiger partial charge in [-0.05, 0) is 45.2 Å². The van der Waals surface area contributed by atoms with E-state index in [0.717, 1.165) is 10.9 Å². The van der Waals surface area contributed by atoms with Crippen molar-refractivity contribution in [3.63, 3.8) is 0 Å². The van der Waals surface area contributed by atoms with Gasteiger partial charge in [0.15, 0.2) is 0 Å². The van der Waals surface area contributed by atoms with E-state index in [9.17, 15) is 4.79 Å². The molecule has 2 heterocycles. The molecule has 1 saturated heterocycles. The maximum Gasteiger partial charge on any atom is 0.500 e. The molecule has 1 aliphatic rings. The summed E-state index contributed by atoms with van der Waals surface area (Å²) < 4.78 is 11.9. The highest BCUT2D eigenvalue weighted by Crippen LogP contribution is 2.36. The van der Waals surface area contributed by atoms with Crippen LogP contribution in [0.1, 0.15) is 27.7 Å².